The summed E-state index contributed by atoms with van der Waals surface area (Å²) in [6, 6.07) is 1.76. The zero-order valence-corrected chi connectivity index (χ0v) is 12.9. The van der Waals surface area contributed by atoms with Gasteiger partial charge < -0.3 is 14.9 Å². The lowest BCUT2D eigenvalue weighted by Gasteiger charge is -2.21. The first-order chi connectivity index (χ1) is 9.83. The van der Waals surface area contributed by atoms with Crippen LogP contribution >= 0.6 is 0 Å². The van der Waals surface area contributed by atoms with Crippen LogP contribution in [-0.2, 0) is 6.54 Å². The maximum absolute atomic E-state index is 12.5. The fraction of sp³-hybridized carbons (Fsp3) is 0.375. The Balaban J connectivity index is 2.57. The lowest BCUT2D eigenvalue weighted by Crippen LogP contribution is -2.41. The van der Waals surface area contributed by atoms with E-state index in [0.717, 1.165) is 0 Å². The summed E-state index contributed by atoms with van der Waals surface area (Å²) in [7, 11) is 0. The number of nitrogens with one attached hydrogen (secondary N) is 2. The highest BCUT2D eigenvalue weighted by Gasteiger charge is 2.19. The molecule has 0 bridgehead atoms. The Hall–Kier alpha value is -2.30. The van der Waals surface area contributed by atoms with Crippen molar-refractivity contribution in [3.8, 4) is 0 Å². The maximum atomic E-state index is 12.5. The van der Waals surface area contributed by atoms with E-state index in [1.165, 1.54) is 4.57 Å². The van der Waals surface area contributed by atoms with Crippen LogP contribution in [0.2, 0.25) is 0 Å². The molecule has 2 rings (SSSR count). The summed E-state index contributed by atoms with van der Waals surface area (Å²) >= 11 is 0. The fourth-order valence-electron chi connectivity index (χ4n) is 2.14. The first-order valence-corrected chi connectivity index (χ1v) is 6.97. The summed E-state index contributed by atoms with van der Waals surface area (Å²) in [5.74, 6) is -0.179. The van der Waals surface area contributed by atoms with Crippen molar-refractivity contribution in [1.82, 2.24) is 14.9 Å². The third-order valence-electron chi connectivity index (χ3n) is 3.07. The van der Waals surface area contributed by atoms with E-state index in [-0.39, 0.29) is 17.0 Å². The molecule has 0 aliphatic rings. The molecule has 0 spiro atoms. The van der Waals surface area contributed by atoms with Gasteiger partial charge >= 0.3 is 0 Å². The third kappa shape index (κ3) is 3.24. The van der Waals surface area contributed by atoms with Crippen LogP contribution in [0.25, 0.3) is 10.9 Å². The highest BCUT2D eigenvalue weighted by atomic mass is 16.2. The van der Waals surface area contributed by atoms with Crippen molar-refractivity contribution in [1.29, 1.82) is 0 Å². The molecule has 2 N–H and O–H groups in total. The van der Waals surface area contributed by atoms with Gasteiger partial charge in [0.25, 0.3) is 11.5 Å². The zero-order chi connectivity index (χ0) is 15.6. The van der Waals surface area contributed by atoms with Crippen molar-refractivity contribution >= 4 is 16.8 Å². The van der Waals surface area contributed by atoms with Crippen LogP contribution in [0, 0.1) is 0 Å². The van der Waals surface area contributed by atoms with Gasteiger partial charge in [-0.2, -0.15) is 0 Å². The molecule has 0 saturated heterocycles. The zero-order valence-electron chi connectivity index (χ0n) is 12.9. The van der Waals surface area contributed by atoms with Gasteiger partial charge in [0, 0.05) is 29.9 Å². The van der Waals surface area contributed by atoms with Crippen LogP contribution < -0.4 is 10.9 Å². The number of hydrogen-bond acceptors (Lipinski definition) is 2. The monoisotopic (exact) mass is 287 g/mol. The molecule has 5 heteroatoms. The molecule has 0 saturated carbocycles. The van der Waals surface area contributed by atoms with Gasteiger partial charge in [-0.15, -0.1) is 0 Å². The van der Waals surface area contributed by atoms with Crippen LogP contribution in [0.5, 0.6) is 0 Å². The smallest absolute Gasteiger partial charge is 0.275 e. The number of allylic oxidation sites excluding steroid dienone is 2. The van der Waals surface area contributed by atoms with Gasteiger partial charge in [-0.1, -0.05) is 12.2 Å². The first-order valence-electron chi connectivity index (χ1n) is 6.97. The molecule has 2 aromatic heterocycles. The minimum absolute atomic E-state index is 0.125. The van der Waals surface area contributed by atoms with Gasteiger partial charge in [-0.05, 0) is 33.8 Å². The number of hydrogen-bond donors (Lipinski definition) is 2. The minimum Gasteiger partial charge on any atom is -0.357 e. The number of rotatable bonds is 3. The van der Waals surface area contributed by atoms with Crippen molar-refractivity contribution in [3.63, 3.8) is 0 Å². The van der Waals surface area contributed by atoms with Gasteiger partial charge in [0.1, 0.15) is 5.52 Å². The van der Waals surface area contributed by atoms with E-state index < -0.39 is 0 Å². The molecule has 0 aliphatic carbocycles. The summed E-state index contributed by atoms with van der Waals surface area (Å²) in [6.45, 7) is 8.12. The summed E-state index contributed by atoms with van der Waals surface area (Å²) < 4.78 is 1.54. The molecule has 2 aromatic rings. The molecule has 0 fully saturated rings. The second-order valence-electron chi connectivity index (χ2n) is 6.04. The Labute approximate surface area is 123 Å². The van der Waals surface area contributed by atoms with Crippen molar-refractivity contribution < 1.29 is 4.79 Å². The van der Waals surface area contributed by atoms with E-state index in [0.29, 0.717) is 23.0 Å². The number of pyridine rings is 1. The molecular formula is C16H21N3O2. The summed E-state index contributed by atoms with van der Waals surface area (Å²) in [6.07, 6.45) is 7.06. The average molecular weight is 287 g/mol. The highest BCUT2D eigenvalue weighted by Crippen LogP contribution is 2.15. The van der Waals surface area contributed by atoms with Crippen molar-refractivity contribution in [2.24, 2.45) is 0 Å². The van der Waals surface area contributed by atoms with Gasteiger partial charge in [0.05, 0.1) is 5.56 Å². The lowest BCUT2D eigenvalue weighted by molar-refractivity contribution is 0.0920. The molecule has 2 heterocycles. The second kappa shape index (κ2) is 5.60. The van der Waals surface area contributed by atoms with Crippen molar-refractivity contribution in [3.05, 3.63) is 46.5 Å². The number of aromatic amines is 1. The number of nitrogens with zero attached hydrogens (tertiary/aromatic N) is 1. The molecule has 0 aromatic carbocycles. The number of amides is 1. The topological polar surface area (TPSA) is 66.9 Å². The maximum Gasteiger partial charge on any atom is 0.275 e. The Bertz CT molecular complexity index is 745. The number of H-pyrrole nitrogens is 1. The Morgan fingerprint density at radius 3 is 2.76 bits per heavy atom. The largest absolute Gasteiger partial charge is 0.357 e. The Kier molecular flexibility index (Phi) is 4.02. The molecule has 0 radical (unpaired) electrons. The molecule has 21 heavy (non-hydrogen) atoms. The Morgan fingerprint density at radius 1 is 1.43 bits per heavy atom. The SMILES string of the molecule is C/C=C/Cn1cc(C(=O)NC(C)(C)C)c2cc[nH]c2c1=O. The quantitative estimate of drug-likeness (QED) is 0.851. The van der Waals surface area contributed by atoms with Gasteiger partial charge in [-0.3, -0.25) is 9.59 Å². The Morgan fingerprint density at radius 2 is 2.14 bits per heavy atom. The lowest BCUT2D eigenvalue weighted by atomic mass is 10.1. The van der Waals surface area contributed by atoms with Crippen LogP contribution in [0.15, 0.2) is 35.4 Å². The predicted octanol–water partition coefficient (Wildman–Crippen LogP) is 2.43. The van der Waals surface area contributed by atoms with E-state index in [1.54, 1.807) is 18.5 Å². The molecule has 5 nitrogen and oxygen atoms in total. The molecular weight excluding hydrogens is 266 g/mol. The van der Waals surface area contributed by atoms with Crippen molar-refractivity contribution in [2.75, 3.05) is 0 Å². The summed E-state index contributed by atoms with van der Waals surface area (Å²) in [5.41, 5.74) is 0.510. The second-order valence-corrected chi connectivity index (χ2v) is 6.04. The van der Waals surface area contributed by atoms with Crippen LogP contribution in [0.4, 0.5) is 0 Å². The number of fused-ring (bicyclic) bond motifs is 1. The minimum atomic E-state index is -0.329. The summed E-state index contributed by atoms with van der Waals surface area (Å²) in [4.78, 5) is 27.7. The normalized spacial score (nSPS) is 12.2. The molecule has 0 aliphatic heterocycles. The van der Waals surface area contributed by atoms with E-state index in [4.69, 9.17) is 0 Å². The third-order valence-corrected chi connectivity index (χ3v) is 3.07. The first kappa shape index (κ1) is 15.1. The molecule has 0 atom stereocenters. The van der Waals surface area contributed by atoms with Gasteiger partial charge in [0.2, 0.25) is 0 Å². The van der Waals surface area contributed by atoms with Crippen LogP contribution in [0.3, 0.4) is 0 Å². The van der Waals surface area contributed by atoms with E-state index in [9.17, 15) is 9.59 Å². The molecule has 0 unspecified atom stereocenters. The standard InChI is InChI=1S/C16H21N3O2/c1-5-6-9-19-10-12(14(20)18-16(2,3)4)11-7-8-17-13(11)15(19)21/h5-8,10,17H,9H2,1-4H3,(H,18,20)/b6-5+. The van der Waals surface area contributed by atoms with Crippen LogP contribution in [-0.4, -0.2) is 21.0 Å². The van der Waals surface area contributed by atoms with Gasteiger partial charge in [-0.25, -0.2) is 0 Å². The fourth-order valence-corrected chi connectivity index (χ4v) is 2.14. The van der Waals surface area contributed by atoms with Crippen LogP contribution in [0.1, 0.15) is 38.1 Å². The van der Waals surface area contributed by atoms with E-state index >= 15 is 0 Å². The summed E-state index contributed by atoms with van der Waals surface area (Å²) in [5, 5.41) is 3.59. The molecule has 112 valence electrons. The molecule has 1 amide bonds. The highest BCUT2D eigenvalue weighted by molar-refractivity contribution is 6.06. The predicted molar refractivity (Wildman–Crippen MR) is 84.6 cm³/mol. The van der Waals surface area contributed by atoms with E-state index in [2.05, 4.69) is 10.3 Å². The van der Waals surface area contributed by atoms with Gasteiger partial charge in [0.15, 0.2) is 0 Å². The average Bonchev–Trinajstić information content (AvgIpc) is 2.85. The van der Waals surface area contributed by atoms with E-state index in [1.807, 2.05) is 39.8 Å². The number of carbonyl (C=O) groups excluding carboxylic acids is 1. The number of carbonyl (C=O) groups is 1. The van der Waals surface area contributed by atoms with Crippen molar-refractivity contribution in [2.45, 2.75) is 39.8 Å². The number of aromatic nitrogens is 2.